The number of aromatic hydroxyl groups is 1. The van der Waals surface area contributed by atoms with E-state index in [4.69, 9.17) is 15.6 Å². The SMILES string of the molecule is CC(OC(=O)c1cccc(O)c1)C(N)=O. The van der Waals surface area contributed by atoms with Gasteiger partial charge in [0.15, 0.2) is 6.10 Å². The van der Waals surface area contributed by atoms with Gasteiger partial charge < -0.3 is 15.6 Å². The molecule has 0 fully saturated rings. The minimum atomic E-state index is -0.986. The van der Waals surface area contributed by atoms with Crippen molar-refractivity contribution in [1.29, 1.82) is 0 Å². The van der Waals surface area contributed by atoms with E-state index in [1.165, 1.54) is 31.2 Å². The average Bonchev–Trinajstić information content (AvgIpc) is 2.17. The fourth-order valence-electron chi connectivity index (χ4n) is 0.920. The van der Waals surface area contributed by atoms with Crippen LogP contribution < -0.4 is 5.73 Å². The molecule has 80 valence electrons. The quantitative estimate of drug-likeness (QED) is 0.706. The van der Waals surface area contributed by atoms with Crippen LogP contribution in [0.2, 0.25) is 0 Å². The molecule has 1 rings (SSSR count). The molecule has 1 unspecified atom stereocenters. The first-order chi connectivity index (χ1) is 7.00. The summed E-state index contributed by atoms with van der Waals surface area (Å²) in [7, 11) is 0. The number of benzene rings is 1. The van der Waals surface area contributed by atoms with Crippen LogP contribution in [-0.2, 0) is 9.53 Å². The number of ether oxygens (including phenoxy) is 1. The fraction of sp³-hybridized carbons (Fsp3) is 0.200. The maximum Gasteiger partial charge on any atom is 0.339 e. The summed E-state index contributed by atoms with van der Waals surface area (Å²) in [5.74, 6) is -1.46. The van der Waals surface area contributed by atoms with Crippen LogP contribution in [0.25, 0.3) is 0 Å². The zero-order valence-corrected chi connectivity index (χ0v) is 8.14. The van der Waals surface area contributed by atoms with Gasteiger partial charge in [0, 0.05) is 0 Å². The molecule has 1 amide bonds. The Balaban J connectivity index is 2.73. The first kappa shape index (κ1) is 11.0. The molecule has 15 heavy (non-hydrogen) atoms. The highest BCUT2D eigenvalue weighted by Crippen LogP contribution is 2.12. The summed E-state index contributed by atoms with van der Waals surface area (Å²) >= 11 is 0. The van der Waals surface area contributed by atoms with E-state index < -0.39 is 18.0 Å². The Morgan fingerprint density at radius 3 is 2.67 bits per heavy atom. The van der Waals surface area contributed by atoms with Gasteiger partial charge in [0.2, 0.25) is 0 Å². The predicted octanol–water partition coefficient (Wildman–Crippen LogP) is 0.423. The van der Waals surface area contributed by atoms with E-state index in [0.717, 1.165) is 0 Å². The van der Waals surface area contributed by atoms with Crippen molar-refractivity contribution in [3.8, 4) is 5.75 Å². The minimum Gasteiger partial charge on any atom is -0.508 e. The van der Waals surface area contributed by atoms with Crippen LogP contribution in [0.3, 0.4) is 0 Å². The predicted molar refractivity (Wildman–Crippen MR) is 52.2 cm³/mol. The molecule has 5 nitrogen and oxygen atoms in total. The summed E-state index contributed by atoms with van der Waals surface area (Å²) in [5.41, 5.74) is 5.10. The van der Waals surface area contributed by atoms with E-state index in [-0.39, 0.29) is 11.3 Å². The third-order valence-electron chi connectivity index (χ3n) is 1.77. The topological polar surface area (TPSA) is 89.6 Å². The third kappa shape index (κ3) is 2.98. The lowest BCUT2D eigenvalue weighted by Crippen LogP contribution is -2.30. The zero-order chi connectivity index (χ0) is 11.4. The maximum absolute atomic E-state index is 11.4. The third-order valence-corrected chi connectivity index (χ3v) is 1.77. The summed E-state index contributed by atoms with van der Waals surface area (Å²) in [4.78, 5) is 22.0. The molecule has 5 heteroatoms. The van der Waals surface area contributed by atoms with Crippen LogP contribution >= 0.6 is 0 Å². The Kier molecular flexibility index (Phi) is 3.28. The van der Waals surface area contributed by atoms with Crippen LogP contribution in [0, 0.1) is 0 Å². The van der Waals surface area contributed by atoms with Crippen LogP contribution in [0.1, 0.15) is 17.3 Å². The Bertz CT molecular complexity index is 389. The molecule has 0 aromatic heterocycles. The molecule has 3 N–H and O–H groups in total. The van der Waals surface area contributed by atoms with Crippen molar-refractivity contribution in [2.45, 2.75) is 13.0 Å². The second kappa shape index (κ2) is 4.45. The van der Waals surface area contributed by atoms with Crippen molar-refractivity contribution >= 4 is 11.9 Å². The number of primary amides is 1. The number of rotatable bonds is 3. The number of carbonyl (C=O) groups excluding carboxylic acids is 2. The van der Waals surface area contributed by atoms with E-state index in [9.17, 15) is 9.59 Å². The fourth-order valence-corrected chi connectivity index (χ4v) is 0.920. The van der Waals surface area contributed by atoms with E-state index in [1.807, 2.05) is 0 Å². The smallest absolute Gasteiger partial charge is 0.339 e. The number of phenols is 1. The van der Waals surface area contributed by atoms with E-state index >= 15 is 0 Å². The Morgan fingerprint density at radius 1 is 1.47 bits per heavy atom. The maximum atomic E-state index is 11.4. The first-order valence-electron chi connectivity index (χ1n) is 4.30. The number of amides is 1. The number of phenolic OH excluding ortho intramolecular Hbond substituents is 1. The van der Waals surface area contributed by atoms with Crippen LogP contribution in [0.4, 0.5) is 0 Å². The molecule has 0 aliphatic heterocycles. The highest BCUT2D eigenvalue weighted by molar-refractivity contribution is 5.92. The van der Waals surface area contributed by atoms with Gasteiger partial charge in [-0.15, -0.1) is 0 Å². The van der Waals surface area contributed by atoms with Crippen molar-refractivity contribution < 1.29 is 19.4 Å². The molecule has 0 saturated carbocycles. The van der Waals surface area contributed by atoms with Crippen LogP contribution in [-0.4, -0.2) is 23.1 Å². The molecule has 0 spiro atoms. The lowest BCUT2D eigenvalue weighted by molar-refractivity contribution is -0.125. The minimum absolute atomic E-state index is 0.0452. The molecule has 1 aromatic carbocycles. The molecule has 0 bridgehead atoms. The van der Waals surface area contributed by atoms with Gasteiger partial charge in [-0.25, -0.2) is 4.79 Å². The van der Waals surface area contributed by atoms with Gasteiger partial charge in [-0.3, -0.25) is 4.79 Å². The summed E-state index contributed by atoms with van der Waals surface area (Å²) in [6, 6.07) is 5.64. The summed E-state index contributed by atoms with van der Waals surface area (Å²) in [5, 5.41) is 9.11. The largest absolute Gasteiger partial charge is 0.508 e. The number of esters is 1. The van der Waals surface area contributed by atoms with Gasteiger partial charge in [-0.1, -0.05) is 6.07 Å². The molecule has 0 aliphatic carbocycles. The van der Waals surface area contributed by atoms with Crippen molar-refractivity contribution in [3.63, 3.8) is 0 Å². The van der Waals surface area contributed by atoms with E-state index in [2.05, 4.69) is 0 Å². The highest BCUT2D eigenvalue weighted by Gasteiger charge is 2.16. The summed E-state index contributed by atoms with van der Waals surface area (Å²) < 4.78 is 4.73. The standard InChI is InChI=1S/C10H11NO4/c1-6(9(11)13)15-10(14)7-3-2-4-8(12)5-7/h2-6,12H,1H3,(H2,11,13). The molecule has 1 aromatic rings. The van der Waals surface area contributed by atoms with Gasteiger partial charge in [-0.2, -0.15) is 0 Å². The molecule has 0 saturated heterocycles. The molecule has 0 aliphatic rings. The van der Waals surface area contributed by atoms with Crippen molar-refractivity contribution in [2.24, 2.45) is 5.73 Å². The molecule has 0 heterocycles. The van der Waals surface area contributed by atoms with Crippen molar-refractivity contribution in [3.05, 3.63) is 29.8 Å². The average molecular weight is 209 g/mol. The zero-order valence-electron chi connectivity index (χ0n) is 8.14. The number of nitrogens with two attached hydrogens (primary N) is 1. The van der Waals surface area contributed by atoms with Crippen LogP contribution in [0.15, 0.2) is 24.3 Å². The number of hydrogen-bond acceptors (Lipinski definition) is 4. The van der Waals surface area contributed by atoms with Gasteiger partial charge in [0.05, 0.1) is 5.56 Å². The monoisotopic (exact) mass is 209 g/mol. The lowest BCUT2D eigenvalue weighted by atomic mass is 10.2. The van der Waals surface area contributed by atoms with Crippen molar-refractivity contribution in [1.82, 2.24) is 0 Å². The number of hydrogen-bond donors (Lipinski definition) is 2. The van der Waals surface area contributed by atoms with Gasteiger partial charge in [0.1, 0.15) is 5.75 Å². The van der Waals surface area contributed by atoms with Gasteiger partial charge in [0.25, 0.3) is 5.91 Å². The Labute approximate surface area is 86.5 Å². The lowest BCUT2D eigenvalue weighted by Gasteiger charge is -2.09. The first-order valence-corrected chi connectivity index (χ1v) is 4.30. The Hall–Kier alpha value is -2.04. The second-order valence-electron chi connectivity index (χ2n) is 3.00. The van der Waals surface area contributed by atoms with Gasteiger partial charge >= 0.3 is 5.97 Å². The highest BCUT2D eigenvalue weighted by atomic mass is 16.5. The van der Waals surface area contributed by atoms with Gasteiger partial charge in [-0.05, 0) is 25.1 Å². The normalized spacial score (nSPS) is 11.8. The molecule has 1 atom stereocenters. The summed E-state index contributed by atoms with van der Waals surface area (Å²) in [6.07, 6.45) is -0.986. The Morgan fingerprint density at radius 2 is 2.13 bits per heavy atom. The van der Waals surface area contributed by atoms with E-state index in [1.54, 1.807) is 0 Å². The number of carbonyl (C=O) groups is 2. The summed E-state index contributed by atoms with van der Waals surface area (Å²) in [6.45, 7) is 1.38. The van der Waals surface area contributed by atoms with Crippen molar-refractivity contribution in [2.75, 3.05) is 0 Å². The molecule has 0 radical (unpaired) electrons. The van der Waals surface area contributed by atoms with Crippen LogP contribution in [0.5, 0.6) is 5.75 Å². The van der Waals surface area contributed by atoms with E-state index in [0.29, 0.717) is 0 Å². The molecular weight excluding hydrogens is 198 g/mol. The molecular formula is C10H11NO4. The second-order valence-corrected chi connectivity index (χ2v) is 3.00.